The molecule has 4 nitrogen and oxygen atoms in total. The molecule has 0 N–H and O–H groups in total. The molecule has 0 aliphatic rings. The van der Waals surface area contributed by atoms with E-state index in [2.05, 4.69) is 17.1 Å². The number of benzene rings is 2. The average molecular weight is 344 g/mol. The summed E-state index contributed by atoms with van der Waals surface area (Å²) in [5, 5.41) is 0. The Morgan fingerprint density at radius 3 is 2.39 bits per heavy atom. The van der Waals surface area contributed by atoms with Crippen molar-refractivity contribution >= 4 is 21.6 Å². The zero-order valence-corrected chi connectivity index (χ0v) is 14.2. The molecule has 0 bridgehead atoms. The van der Waals surface area contributed by atoms with Gasteiger partial charge >= 0.3 is 0 Å². The van der Waals surface area contributed by atoms with E-state index in [0.717, 1.165) is 17.3 Å². The van der Waals surface area contributed by atoms with Crippen molar-refractivity contribution in [2.24, 2.45) is 0 Å². The van der Waals surface area contributed by atoms with Crippen LogP contribution >= 0.6 is 11.8 Å². The van der Waals surface area contributed by atoms with Crippen LogP contribution < -0.4 is 0 Å². The van der Waals surface area contributed by atoms with Crippen molar-refractivity contribution in [3.05, 3.63) is 72.8 Å². The molecule has 0 unspecified atom stereocenters. The Morgan fingerprint density at radius 2 is 1.74 bits per heavy atom. The summed E-state index contributed by atoms with van der Waals surface area (Å²) >= 11 is 1.72. The van der Waals surface area contributed by atoms with E-state index in [1.54, 1.807) is 42.2 Å². The minimum atomic E-state index is -3.17. The molecule has 0 aliphatic carbocycles. The molecule has 23 heavy (non-hydrogen) atoms. The van der Waals surface area contributed by atoms with E-state index in [9.17, 15) is 8.42 Å². The summed E-state index contributed by atoms with van der Waals surface area (Å²) in [7, 11) is -3.17. The monoisotopic (exact) mass is 344 g/mol. The van der Waals surface area contributed by atoms with Gasteiger partial charge in [0.15, 0.2) is 9.84 Å². The summed E-state index contributed by atoms with van der Waals surface area (Å²) in [6.07, 6.45) is 4.85. The third kappa shape index (κ3) is 3.83. The van der Waals surface area contributed by atoms with E-state index >= 15 is 0 Å². The van der Waals surface area contributed by atoms with Crippen molar-refractivity contribution in [2.45, 2.75) is 15.5 Å². The Labute approximate surface area is 140 Å². The molecule has 0 radical (unpaired) electrons. The number of nitrogens with zero attached hydrogens (tertiary/aromatic N) is 2. The Kier molecular flexibility index (Phi) is 4.54. The van der Waals surface area contributed by atoms with Gasteiger partial charge in [0, 0.05) is 29.2 Å². The van der Waals surface area contributed by atoms with Crippen LogP contribution in [0.1, 0.15) is 5.82 Å². The number of imidazole rings is 1. The zero-order chi connectivity index (χ0) is 16.3. The van der Waals surface area contributed by atoms with Gasteiger partial charge in [0.05, 0.1) is 10.6 Å². The van der Waals surface area contributed by atoms with Gasteiger partial charge in [-0.1, -0.05) is 18.2 Å². The number of hydrogen-bond donors (Lipinski definition) is 0. The Balaban J connectivity index is 1.80. The van der Waals surface area contributed by atoms with Crippen LogP contribution in [0.25, 0.3) is 5.69 Å². The average Bonchev–Trinajstić information content (AvgIpc) is 3.02. The van der Waals surface area contributed by atoms with Crippen LogP contribution in [0.4, 0.5) is 0 Å². The van der Waals surface area contributed by atoms with E-state index in [1.807, 2.05) is 29.0 Å². The maximum atomic E-state index is 11.5. The molecule has 3 aromatic rings. The molecule has 6 heteroatoms. The molecular formula is C17H16N2O2S2. The van der Waals surface area contributed by atoms with Crippen LogP contribution in [-0.2, 0) is 15.6 Å². The van der Waals surface area contributed by atoms with Gasteiger partial charge in [0.1, 0.15) is 5.82 Å². The molecule has 0 atom stereocenters. The first-order valence-electron chi connectivity index (χ1n) is 7.04. The summed E-state index contributed by atoms with van der Waals surface area (Å²) in [5.74, 6) is 1.66. The third-order valence-electron chi connectivity index (χ3n) is 3.37. The summed E-state index contributed by atoms with van der Waals surface area (Å²) < 4.78 is 25.0. The molecule has 0 spiro atoms. The van der Waals surface area contributed by atoms with Gasteiger partial charge in [0.25, 0.3) is 0 Å². The normalized spacial score (nSPS) is 11.5. The van der Waals surface area contributed by atoms with Gasteiger partial charge in [0.2, 0.25) is 0 Å². The number of sulfone groups is 1. The number of rotatable bonds is 5. The number of hydrogen-bond acceptors (Lipinski definition) is 4. The highest BCUT2D eigenvalue weighted by Gasteiger charge is 2.09. The van der Waals surface area contributed by atoms with Gasteiger partial charge in [-0.15, -0.1) is 11.8 Å². The second kappa shape index (κ2) is 6.60. The maximum Gasteiger partial charge on any atom is 0.175 e. The lowest BCUT2D eigenvalue weighted by Gasteiger charge is -2.08. The molecule has 0 saturated heterocycles. The van der Waals surface area contributed by atoms with E-state index in [4.69, 9.17) is 0 Å². The largest absolute Gasteiger partial charge is 0.303 e. The van der Waals surface area contributed by atoms with Crippen LogP contribution in [0.3, 0.4) is 0 Å². The van der Waals surface area contributed by atoms with Crippen molar-refractivity contribution in [3.63, 3.8) is 0 Å². The second-order valence-corrected chi connectivity index (χ2v) is 8.15. The smallest absolute Gasteiger partial charge is 0.175 e. The fourth-order valence-electron chi connectivity index (χ4n) is 2.19. The van der Waals surface area contributed by atoms with E-state index in [1.165, 1.54) is 11.2 Å². The van der Waals surface area contributed by atoms with Crippen molar-refractivity contribution in [1.29, 1.82) is 0 Å². The zero-order valence-electron chi connectivity index (χ0n) is 12.6. The van der Waals surface area contributed by atoms with E-state index < -0.39 is 9.84 Å². The topological polar surface area (TPSA) is 52.0 Å². The fraction of sp³-hybridized carbons (Fsp3) is 0.118. The Morgan fingerprint density at radius 1 is 1.04 bits per heavy atom. The predicted octanol–water partition coefficient (Wildman–Crippen LogP) is 3.57. The highest BCUT2D eigenvalue weighted by Crippen LogP contribution is 2.23. The van der Waals surface area contributed by atoms with Crippen LogP contribution in [0.2, 0.25) is 0 Å². The van der Waals surface area contributed by atoms with E-state index in [0.29, 0.717) is 4.90 Å². The van der Waals surface area contributed by atoms with Crippen LogP contribution in [-0.4, -0.2) is 24.2 Å². The quantitative estimate of drug-likeness (QED) is 0.664. The molecule has 1 heterocycles. The number of thioether (sulfide) groups is 1. The molecule has 118 valence electrons. The van der Waals surface area contributed by atoms with Gasteiger partial charge in [-0.05, 0) is 36.4 Å². The minimum absolute atomic E-state index is 0.321. The number of aromatic nitrogens is 2. The highest BCUT2D eigenvalue weighted by atomic mass is 32.2. The highest BCUT2D eigenvalue weighted by molar-refractivity contribution is 7.98. The SMILES string of the molecule is CS(=O)(=O)c1ccc(-n2ccnc2CSc2ccccc2)cc1. The van der Waals surface area contributed by atoms with Gasteiger partial charge in [-0.2, -0.15) is 0 Å². The first-order chi connectivity index (χ1) is 11.0. The molecule has 2 aromatic carbocycles. The molecule has 0 aliphatic heterocycles. The minimum Gasteiger partial charge on any atom is -0.303 e. The van der Waals surface area contributed by atoms with Crippen LogP contribution in [0.15, 0.2) is 76.8 Å². The standard InChI is InChI=1S/C17H16N2O2S2/c1-23(20,21)16-9-7-14(8-10-16)19-12-11-18-17(19)13-22-15-5-3-2-4-6-15/h2-12H,13H2,1H3. The Hall–Kier alpha value is -2.05. The predicted molar refractivity (Wildman–Crippen MR) is 92.7 cm³/mol. The van der Waals surface area contributed by atoms with Crippen LogP contribution in [0, 0.1) is 0 Å². The molecular weight excluding hydrogens is 328 g/mol. The third-order valence-corrected chi connectivity index (χ3v) is 5.51. The van der Waals surface area contributed by atoms with Gasteiger partial charge < -0.3 is 4.57 Å². The molecule has 1 aromatic heterocycles. The second-order valence-electron chi connectivity index (χ2n) is 5.08. The first-order valence-corrected chi connectivity index (χ1v) is 9.92. The van der Waals surface area contributed by atoms with Crippen molar-refractivity contribution in [1.82, 2.24) is 9.55 Å². The van der Waals surface area contributed by atoms with Gasteiger partial charge in [-0.25, -0.2) is 13.4 Å². The summed E-state index contributed by atoms with van der Waals surface area (Å²) in [5.41, 5.74) is 0.901. The molecule has 0 saturated carbocycles. The lowest BCUT2D eigenvalue weighted by molar-refractivity contribution is 0.602. The summed E-state index contributed by atoms with van der Waals surface area (Å²) in [6.45, 7) is 0. The Bertz CT molecular complexity index is 886. The molecule has 0 fully saturated rings. The molecule has 3 rings (SSSR count). The van der Waals surface area contributed by atoms with Crippen LogP contribution in [0.5, 0.6) is 0 Å². The fourth-order valence-corrected chi connectivity index (χ4v) is 3.68. The first kappa shape index (κ1) is 15.8. The van der Waals surface area contributed by atoms with Crippen molar-refractivity contribution in [3.8, 4) is 5.69 Å². The maximum absolute atomic E-state index is 11.5. The summed E-state index contributed by atoms with van der Waals surface area (Å²) in [4.78, 5) is 5.91. The van der Waals surface area contributed by atoms with Crippen molar-refractivity contribution < 1.29 is 8.42 Å². The summed E-state index contributed by atoms with van der Waals surface area (Å²) in [6, 6.07) is 17.0. The molecule has 0 amide bonds. The lowest BCUT2D eigenvalue weighted by atomic mass is 10.3. The van der Waals surface area contributed by atoms with E-state index in [-0.39, 0.29) is 0 Å². The lowest BCUT2D eigenvalue weighted by Crippen LogP contribution is -2.01. The van der Waals surface area contributed by atoms with Crippen molar-refractivity contribution in [2.75, 3.05) is 6.26 Å². The van der Waals surface area contributed by atoms with Gasteiger partial charge in [-0.3, -0.25) is 0 Å².